The molecule has 0 radical (unpaired) electrons. The van der Waals surface area contributed by atoms with Crippen molar-refractivity contribution in [3.8, 4) is 5.75 Å². The Morgan fingerprint density at radius 1 is 1.08 bits per heavy atom. The average Bonchev–Trinajstić information content (AvgIpc) is 2.79. The largest absolute Gasteiger partial charge is 0.497 e. The van der Waals surface area contributed by atoms with Crippen LogP contribution in [-0.2, 0) is 26.2 Å². The van der Waals surface area contributed by atoms with Crippen molar-refractivity contribution in [2.24, 2.45) is 0 Å². The molecule has 0 aromatic heterocycles. The summed E-state index contributed by atoms with van der Waals surface area (Å²) in [6, 6.07) is 11.8. The van der Waals surface area contributed by atoms with Crippen LogP contribution in [0.15, 0.2) is 48.5 Å². The lowest BCUT2D eigenvalue weighted by atomic mass is 10.1. The van der Waals surface area contributed by atoms with Crippen LogP contribution in [0.4, 0.5) is 10.1 Å². The van der Waals surface area contributed by atoms with Gasteiger partial charge in [0.25, 0.3) is 0 Å². The Balaban J connectivity index is 2.19. The lowest BCUT2D eigenvalue weighted by molar-refractivity contribution is -0.141. The molecule has 1 N–H and O–H groups in total. The second-order valence-electron chi connectivity index (χ2n) is 9.66. The number of hydrogen-bond acceptors (Lipinski definition) is 5. The number of nitrogens with one attached hydrogen (secondary N) is 1. The van der Waals surface area contributed by atoms with Gasteiger partial charge in [-0.05, 0) is 64.4 Å². The zero-order valence-electron chi connectivity index (χ0n) is 21.7. The van der Waals surface area contributed by atoms with E-state index in [-0.39, 0.29) is 43.3 Å². The predicted octanol–water partition coefficient (Wildman–Crippen LogP) is 3.71. The molecule has 2 rings (SSSR count). The smallest absolute Gasteiger partial charge is 0.242 e. The molecule has 2 aromatic rings. The third-order valence-corrected chi connectivity index (χ3v) is 6.67. The van der Waals surface area contributed by atoms with Gasteiger partial charge in [0, 0.05) is 30.6 Å². The van der Waals surface area contributed by atoms with Gasteiger partial charge in [0.1, 0.15) is 17.6 Å². The van der Waals surface area contributed by atoms with E-state index in [1.165, 1.54) is 22.4 Å². The second kappa shape index (κ2) is 12.2. The number of nitrogens with zero attached hydrogens (tertiary/aromatic N) is 2. The molecular weight excluding hydrogens is 485 g/mol. The highest BCUT2D eigenvalue weighted by molar-refractivity contribution is 7.92. The summed E-state index contributed by atoms with van der Waals surface area (Å²) in [5.41, 5.74) is 0.232. The molecule has 1 unspecified atom stereocenters. The van der Waals surface area contributed by atoms with Gasteiger partial charge in [-0.1, -0.05) is 18.2 Å². The van der Waals surface area contributed by atoms with Crippen molar-refractivity contribution in [3.63, 3.8) is 0 Å². The Bertz CT molecular complexity index is 1150. The number of carbonyl (C=O) groups is 2. The maximum absolute atomic E-state index is 14.4. The van der Waals surface area contributed by atoms with Gasteiger partial charge in [-0.3, -0.25) is 13.9 Å². The molecule has 0 aliphatic rings. The van der Waals surface area contributed by atoms with E-state index in [2.05, 4.69) is 5.32 Å². The Kier molecular flexibility index (Phi) is 9.86. The van der Waals surface area contributed by atoms with E-state index in [4.69, 9.17) is 4.74 Å². The minimum atomic E-state index is -3.61. The normalized spacial score (nSPS) is 12.5. The first-order valence-corrected chi connectivity index (χ1v) is 13.5. The van der Waals surface area contributed by atoms with Crippen molar-refractivity contribution < 1.29 is 27.1 Å². The third kappa shape index (κ3) is 8.51. The van der Waals surface area contributed by atoms with E-state index in [1.807, 2.05) is 20.8 Å². The van der Waals surface area contributed by atoms with Crippen molar-refractivity contribution in [3.05, 3.63) is 59.9 Å². The Hall–Kier alpha value is -3.14. The predicted molar refractivity (Wildman–Crippen MR) is 139 cm³/mol. The zero-order valence-corrected chi connectivity index (χ0v) is 22.6. The fraction of sp³-hybridized carbons (Fsp3) is 0.462. The van der Waals surface area contributed by atoms with Gasteiger partial charge in [0.2, 0.25) is 21.8 Å². The first-order chi connectivity index (χ1) is 16.7. The summed E-state index contributed by atoms with van der Waals surface area (Å²) in [7, 11) is -2.09. The van der Waals surface area contributed by atoms with Gasteiger partial charge < -0.3 is 15.0 Å². The van der Waals surface area contributed by atoms with Crippen molar-refractivity contribution in [2.75, 3.05) is 24.2 Å². The van der Waals surface area contributed by atoms with Crippen LogP contribution in [0.3, 0.4) is 0 Å². The first-order valence-electron chi connectivity index (χ1n) is 11.7. The van der Waals surface area contributed by atoms with Gasteiger partial charge >= 0.3 is 0 Å². The summed E-state index contributed by atoms with van der Waals surface area (Å²) in [5.74, 6) is -0.614. The first kappa shape index (κ1) is 29.1. The molecule has 10 heteroatoms. The Labute approximate surface area is 213 Å². The molecular formula is C26H36FN3O5S. The van der Waals surface area contributed by atoms with E-state index in [0.29, 0.717) is 11.4 Å². The maximum Gasteiger partial charge on any atom is 0.242 e. The third-order valence-electron chi connectivity index (χ3n) is 5.48. The van der Waals surface area contributed by atoms with Crippen LogP contribution in [0.2, 0.25) is 0 Å². The molecule has 2 aromatic carbocycles. The molecule has 0 saturated carbocycles. The molecule has 0 spiro atoms. The van der Waals surface area contributed by atoms with Gasteiger partial charge in [0.15, 0.2) is 0 Å². The molecule has 8 nitrogen and oxygen atoms in total. The second-order valence-corrected chi connectivity index (χ2v) is 11.6. The fourth-order valence-electron chi connectivity index (χ4n) is 3.62. The minimum Gasteiger partial charge on any atom is -0.497 e. The van der Waals surface area contributed by atoms with Crippen LogP contribution in [-0.4, -0.2) is 56.6 Å². The van der Waals surface area contributed by atoms with E-state index in [0.717, 1.165) is 6.26 Å². The van der Waals surface area contributed by atoms with Gasteiger partial charge in [-0.2, -0.15) is 0 Å². The highest BCUT2D eigenvalue weighted by atomic mass is 32.2. The minimum absolute atomic E-state index is 0.0240. The van der Waals surface area contributed by atoms with Crippen LogP contribution in [0.5, 0.6) is 5.75 Å². The van der Waals surface area contributed by atoms with E-state index >= 15 is 0 Å². The number of methoxy groups -OCH3 is 1. The average molecular weight is 522 g/mol. The lowest BCUT2D eigenvalue weighted by Gasteiger charge is -2.32. The highest BCUT2D eigenvalue weighted by Gasteiger charge is 2.29. The zero-order chi connectivity index (χ0) is 27.1. The number of rotatable bonds is 11. The van der Waals surface area contributed by atoms with Gasteiger partial charge in [-0.25, -0.2) is 12.8 Å². The number of carbonyl (C=O) groups excluding carboxylic acids is 2. The molecule has 0 bridgehead atoms. The van der Waals surface area contributed by atoms with Crippen molar-refractivity contribution in [1.82, 2.24) is 10.2 Å². The van der Waals surface area contributed by atoms with Crippen molar-refractivity contribution in [2.45, 2.75) is 58.7 Å². The Morgan fingerprint density at radius 3 is 2.22 bits per heavy atom. The monoisotopic (exact) mass is 521 g/mol. The van der Waals surface area contributed by atoms with Crippen LogP contribution in [0, 0.1) is 5.82 Å². The SMILES string of the molecule is COc1ccc(N(CCCC(=O)N(Cc2ccccc2F)C(C)C(=O)NC(C)(C)C)S(C)(=O)=O)cc1. The van der Waals surface area contributed by atoms with E-state index < -0.39 is 27.4 Å². The number of amides is 2. The van der Waals surface area contributed by atoms with E-state index in [9.17, 15) is 22.4 Å². The molecule has 36 heavy (non-hydrogen) atoms. The van der Waals surface area contributed by atoms with Crippen molar-refractivity contribution in [1.29, 1.82) is 0 Å². The lowest BCUT2D eigenvalue weighted by Crippen LogP contribution is -2.52. The molecule has 0 aliphatic carbocycles. The summed E-state index contributed by atoms with van der Waals surface area (Å²) >= 11 is 0. The molecule has 2 amide bonds. The summed E-state index contributed by atoms with van der Waals surface area (Å²) < 4.78 is 45.5. The summed E-state index contributed by atoms with van der Waals surface area (Å²) in [6.45, 7) is 7.07. The van der Waals surface area contributed by atoms with Crippen molar-refractivity contribution >= 4 is 27.5 Å². The van der Waals surface area contributed by atoms with Crippen LogP contribution < -0.4 is 14.4 Å². The number of halogens is 1. The van der Waals surface area contributed by atoms with Crippen LogP contribution >= 0.6 is 0 Å². The topological polar surface area (TPSA) is 96.0 Å². The number of sulfonamides is 1. The number of hydrogen-bond donors (Lipinski definition) is 1. The highest BCUT2D eigenvalue weighted by Crippen LogP contribution is 2.22. The Morgan fingerprint density at radius 2 is 1.69 bits per heavy atom. The number of ether oxygens (including phenoxy) is 1. The molecule has 1 atom stereocenters. The van der Waals surface area contributed by atoms with Crippen LogP contribution in [0.1, 0.15) is 46.1 Å². The number of anilines is 1. The van der Waals surface area contributed by atoms with Gasteiger partial charge in [0.05, 0.1) is 19.1 Å². The molecule has 198 valence electrons. The summed E-state index contributed by atoms with van der Waals surface area (Å²) in [6.07, 6.45) is 1.28. The quantitative estimate of drug-likeness (QED) is 0.486. The summed E-state index contributed by atoms with van der Waals surface area (Å²) in [5, 5.41) is 2.86. The van der Waals surface area contributed by atoms with Gasteiger partial charge in [-0.15, -0.1) is 0 Å². The summed E-state index contributed by atoms with van der Waals surface area (Å²) in [4.78, 5) is 27.4. The molecule has 0 saturated heterocycles. The molecule has 0 aliphatic heterocycles. The maximum atomic E-state index is 14.4. The van der Waals surface area contributed by atoms with E-state index in [1.54, 1.807) is 49.4 Å². The molecule has 0 fully saturated rings. The molecule has 0 heterocycles. The standard InChI is InChI=1S/C26H36FN3O5S/c1-19(25(32)28-26(2,3)4)29(18-20-10-7-8-11-23(20)27)24(31)12-9-17-30(36(6,33)34)21-13-15-22(35-5)16-14-21/h7-8,10-11,13-16,19H,9,12,17-18H2,1-6H3,(H,28,32). The number of benzene rings is 2. The fourth-order valence-corrected chi connectivity index (χ4v) is 4.58. The van der Waals surface area contributed by atoms with Crippen LogP contribution in [0.25, 0.3) is 0 Å².